The molecule has 5 atom stereocenters. The number of thiophene rings is 1. The number of aliphatic hydroxyl groups is 3. The van der Waals surface area contributed by atoms with Crippen LogP contribution >= 0.6 is 11.3 Å². The lowest BCUT2D eigenvalue weighted by Crippen LogP contribution is -2.56. The van der Waals surface area contributed by atoms with E-state index in [-0.39, 0.29) is 12.1 Å². The minimum atomic E-state index is -1.27. The van der Waals surface area contributed by atoms with Crippen LogP contribution in [0.5, 0.6) is 0 Å². The smallest absolute Gasteiger partial charge is 0.262 e. The summed E-state index contributed by atoms with van der Waals surface area (Å²) in [6.45, 7) is 6.80. The Labute approximate surface area is 248 Å². The highest BCUT2D eigenvalue weighted by molar-refractivity contribution is 7.16. The molecule has 11 heteroatoms. The second-order valence-corrected chi connectivity index (χ2v) is 11.8. The van der Waals surface area contributed by atoms with Crippen LogP contribution < -0.4 is 10.6 Å². The number of rotatable bonds is 9. The molecule has 5 rings (SSSR count). The molecule has 2 aliphatic heterocycles. The van der Waals surface area contributed by atoms with Crippen LogP contribution in [-0.2, 0) is 14.3 Å². The molecular formula is C31H36N4O6S. The van der Waals surface area contributed by atoms with Gasteiger partial charge in [0, 0.05) is 54.1 Å². The maximum absolute atomic E-state index is 12.7. The lowest BCUT2D eigenvalue weighted by atomic mass is 9.92. The molecule has 2 aromatic carbocycles. The summed E-state index contributed by atoms with van der Waals surface area (Å²) in [5.74, 6) is -1.30. The van der Waals surface area contributed by atoms with E-state index >= 15 is 0 Å². The fourth-order valence-electron chi connectivity index (χ4n) is 5.11. The molecule has 0 spiro atoms. The SMILES string of the molecule is C[C@H]1C(O)O[C@H](CNC(=O)/C(C#N)=C/c2ccc(-c3ccc4cc(NCCN5CCOCC5)ccc4c3)s2)[C@@H](O)[C@@H]1O. The van der Waals surface area contributed by atoms with Gasteiger partial charge in [-0.2, -0.15) is 5.26 Å². The van der Waals surface area contributed by atoms with Crippen LogP contribution in [0.15, 0.2) is 54.1 Å². The number of nitriles is 1. The van der Waals surface area contributed by atoms with Crippen molar-refractivity contribution in [2.45, 2.75) is 31.5 Å². The second kappa shape index (κ2) is 13.8. The summed E-state index contributed by atoms with van der Waals surface area (Å²) in [7, 11) is 0. The van der Waals surface area contributed by atoms with Gasteiger partial charge in [-0.3, -0.25) is 9.69 Å². The highest BCUT2D eigenvalue weighted by Crippen LogP contribution is 2.32. The molecular weight excluding hydrogens is 556 g/mol. The highest BCUT2D eigenvalue weighted by Gasteiger charge is 2.41. The number of nitrogens with zero attached hydrogens (tertiary/aromatic N) is 2. The van der Waals surface area contributed by atoms with Gasteiger partial charge < -0.3 is 35.4 Å². The average Bonchev–Trinajstić information content (AvgIpc) is 3.48. The van der Waals surface area contributed by atoms with Crippen LogP contribution in [0.4, 0.5) is 5.69 Å². The van der Waals surface area contributed by atoms with Gasteiger partial charge in [0.1, 0.15) is 23.9 Å². The summed E-state index contributed by atoms with van der Waals surface area (Å²) in [5.41, 5.74) is 2.02. The Balaban J connectivity index is 1.19. The Kier molecular flexibility index (Phi) is 9.87. The van der Waals surface area contributed by atoms with Crippen molar-refractivity contribution < 1.29 is 29.6 Å². The zero-order chi connectivity index (χ0) is 29.6. The van der Waals surface area contributed by atoms with Gasteiger partial charge in [0.05, 0.1) is 19.3 Å². The van der Waals surface area contributed by atoms with Gasteiger partial charge in [0.25, 0.3) is 5.91 Å². The number of fused-ring (bicyclic) bond motifs is 1. The van der Waals surface area contributed by atoms with E-state index in [0.717, 1.165) is 71.2 Å². The number of aliphatic hydroxyl groups excluding tert-OH is 3. The molecule has 42 heavy (non-hydrogen) atoms. The van der Waals surface area contributed by atoms with Gasteiger partial charge >= 0.3 is 0 Å². The summed E-state index contributed by atoms with van der Waals surface area (Å²) in [6, 6.07) is 18.4. The van der Waals surface area contributed by atoms with Gasteiger partial charge in [-0.1, -0.05) is 25.1 Å². The number of morpholine rings is 1. The Morgan fingerprint density at radius 3 is 2.64 bits per heavy atom. The number of hydrogen-bond donors (Lipinski definition) is 5. The largest absolute Gasteiger partial charge is 0.390 e. The molecule has 0 aliphatic carbocycles. The molecule has 1 unspecified atom stereocenters. The summed E-state index contributed by atoms with van der Waals surface area (Å²) >= 11 is 1.47. The molecule has 2 aliphatic rings. The molecule has 1 amide bonds. The first-order valence-corrected chi connectivity index (χ1v) is 14.9. The molecule has 0 saturated carbocycles. The van der Waals surface area contributed by atoms with Crippen LogP contribution in [0.1, 0.15) is 11.8 Å². The zero-order valence-corrected chi connectivity index (χ0v) is 24.2. The normalized spacial score (nSPS) is 25.2. The maximum atomic E-state index is 12.7. The third-order valence-corrected chi connectivity index (χ3v) is 8.84. The molecule has 2 saturated heterocycles. The number of nitrogens with one attached hydrogen (secondary N) is 2. The van der Waals surface area contributed by atoms with Crippen molar-refractivity contribution in [3.8, 4) is 16.5 Å². The minimum absolute atomic E-state index is 0.102. The topological polar surface area (TPSA) is 147 Å². The van der Waals surface area contributed by atoms with Gasteiger partial charge in [-0.25, -0.2) is 0 Å². The number of carbonyl (C=O) groups is 1. The van der Waals surface area contributed by atoms with Crippen LogP contribution in [0, 0.1) is 17.2 Å². The Morgan fingerprint density at radius 1 is 1.10 bits per heavy atom. The van der Waals surface area contributed by atoms with E-state index in [4.69, 9.17) is 9.47 Å². The highest BCUT2D eigenvalue weighted by atomic mass is 32.1. The molecule has 10 nitrogen and oxygen atoms in total. The Hall–Kier alpha value is -3.34. The van der Waals surface area contributed by atoms with Crippen molar-refractivity contribution in [2.75, 3.05) is 51.3 Å². The molecule has 1 aromatic heterocycles. The Bertz CT molecular complexity index is 1460. The van der Waals surface area contributed by atoms with Gasteiger partial charge in [-0.15, -0.1) is 11.3 Å². The van der Waals surface area contributed by atoms with E-state index in [9.17, 15) is 25.4 Å². The third-order valence-electron chi connectivity index (χ3n) is 7.76. The lowest BCUT2D eigenvalue weighted by molar-refractivity contribution is -0.258. The van der Waals surface area contributed by atoms with E-state index < -0.39 is 36.4 Å². The van der Waals surface area contributed by atoms with Gasteiger partial charge in [0.2, 0.25) is 0 Å². The lowest BCUT2D eigenvalue weighted by Gasteiger charge is -2.39. The first-order valence-electron chi connectivity index (χ1n) is 14.1. The Morgan fingerprint density at radius 2 is 1.86 bits per heavy atom. The molecule has 5 N–H and O–H groups in total. The number of anilines is 1. The first kappa shape index (κ1) is 30.1. The molecule has 0 radical (unpaired) electrons. The monoisotopic (exact) mass is 592 g/mol. The number of hydrogen-bond acceptors (Lipinski definition) is 10. The van der Waals surface area contributed by atoms with E-state index in [1.165, 1.54) is 17.4 Å². The van der Waals surface area contributed by atoms with E-state index in [0.29, 0.717) is 0 Å². The second-order valence-electron chi connectivity index (χ2n) is 10.6. The summed E-state index contributed by atoms with van der Waals surface area (Å²) < 4.78 is 10.7. The van der Waals surface area contributed by atoms with Crippen LogP contribution in [0.25, 0.3) is 27.3 Å². The molecule has 222 valence electrons. The number of carbonyl (C=O) groups excluding carboxylic acids is 1. The molecule has 2 fully saturated rings. The fraction of sp³-hybridized carbons (Fsp3) is 0.419. The molecule has 0 bridgehead atoms. The summed E-state index contributed by atoms with van der Waals surface area (Å²) in [5, 5.41) is 48.1. The van der Waals surface area contributed by atoms with Crippen molar-refractivity contribution >= 4 is 39.8 Å². The van der Waals surface area contributed by atoms with Crippen molar-refractivity contribution in [3.63, 3.8) is 0 Å². The van der Waals surface area contributed by atoms with Crippen molar-refractivity contribution in [2.24, 2.45) is 5.92 Å². The number of amides is 1. The van der Waals surface area contributed by atoms with Crippen LogP contribution in [0.3, 0.4) is 0 Å². The van der Waals surface area contributed by atoms with Crippen LogP contribution in [-0.4, -0.2) is 96.7 Å². The summed E-state index contributed by atoms with van der Waals surface area (Å²) in [6.07, 6.45) is -3.21. The first-order chi connectivity index (χ1) is 20.3. The van der Waals surface area contributed by atoms with E-state index in [1.807, 2.05) is 18.2 Å². The predicted octanol–water partition coefficient (Wildman–Crippen LogP) is 2.41. The quantitative estimate of drug-likeness (QED) is 0.187. The average molecular weight is 593 g/mol. The van der Waals surface area contributed by atoms with Crippen molar-refractivity contribution in [1.29, 1.82) is 5.26 Å². The zero-order valence-electron chi connectivity index (χ0n) is 23.4. The van der Waals surface area contributed by atoms with Crippen LogP contribution in [0.2, 0.25) is 0 Å². The fourth-order valence-corrected chi connectivity index (χ4v) is 6.06. The summed E-state index contributed by atoms with van der Waals surface area (Å²) in [4.78, 5) is 16.8. The predicted molar refractivity (Wildman–Crippen MR) is 162 cm³/mol. The number of ether oxygens (including phenoxy) is 2. The van der Waals surface area contributed by atoms with E-state index in [2.05, 4.69) is 51.9 Å². The molecule has 3 aromatic rings. The van der Waals surface area contributed by atoms with Crippen molar-refractivity contribution in [3.05, 3.63) is 59.0 Å². The van der Waals surface area contributed by atoms with Crippen molar-refractivity contribution in [1.82, 2.24) is 10.2 Å². The third kappa shape index (κ3) is 7.17. The molecule has 3 heterocycles. The maximum Gasteiger partial charge on any atom is 0.262 e. The van der Waals surface area contributed by atoms with Gasteiger partial charge in [0.15, 0.2) is 6.29 Å². The van der Waals surface area contributed by atoms with E-state index in [1.54, 1.807) is 6.92 Å². The standard InChI is InChI=1S/C31H36N4O6S/c1-19-28(36)29(37)26(41-31(19)39)18-34-30(38)23(17-32)16-25-6-7-27(42-25)22-3-2-21-15-24(5-4-20(21)14-22)33-8-9-35-10-12-40-13-11-35/h2-7,14-16,19,26,28-29,31,33,36-37,39H,8-13,18H2,1H3,(H,34,38)/b23-16+/t19-,26-,28-,29-,31?/m1/s1. The van der Waals surface area contributed by atoms with Gasteiger partial charge in [-0.05, 0) is 52.7 Å². The minimum Gasteiger partial charge on any atom is -0.390 e. The number of benzene rings is 2.